The predicted molar refractivity (Wildman–Crippen MR) is 51.6 cm³/mol. The molecule has 0 heterocycles. The van der Waals surface area contributed by atoms with Crippen LogP contribution >= 0.6 is 0 Å². The van der Waals surface area contributed by atoms with Crippen molar-refractivity contribution >= 4 is 5.97 Å². The molecule has 1 rings (SSSR count). The van der Waals surface area contributed by atoms with Crippen molar-refractivity contribution in [3.05, 3.63) is 34.4 Å². The Morgan fingerprint density at radius 2 is 1.41 bits per heavy atom. The molecule has 0 saturated heterocycles. The Hall–Kier alpha value is -1.59. The lowest BCUT2D eigenvalue weighted by atomic mass is 10.0. The third-order valence-corrected chi connectivity index (χ3v) is 2.27. The molecule has 2 nitrogen and oxygen atoms in total. The lowest BCUT2D eigenvalue weighted by Gasteiger charge is -2.10. The predicted octanol–water partition coefficient (Wildman–Crippen LogP) is 2.82. The van der Waals surface area contributed by atoms with E-state index in [9.17, 15) is 22.4 Å². The molecule has 0 amide bonds. The summed E-state index contributed by atoms with van der Waals surface area (Å²) in [5.41, 5.74) is -1.77. The van der Waals surface area contributed by atoms with Crippen LogP contribution in [0.5, 0.6) is 0 Å². The second kappa shape index (κ2) is 5.16. The van der Waals surface area contributed by atoms with Crippen LogP contribution in [0, 0.1) is 23.3 Å². The van der Waals surface area contributed by atoms with Gasteiger partial charge >= 0.3 is 5.97 Å². The van der Waals surface area contributed by atoms with Crippen LogP contribution in [0.3, 0.4) is 0 Å². The summed E-state index contributed by atoms with van der Waals surface area (Å²) in [5.74, 6) is -7.85. The van der Waals surface area contributed by atoms with Crippen molar-refractivity contribution in [2.75, 3.05) is 0 Å². The van der Waals surface area contributed by atoms with E-state index < -0.39 is 46.8 Å². The number of hydrogen-bond donors (Lipinski definition) is 1. The monoisotopic (exact) mass is 250 g/mol. The third-order valence-electron chi connectivity index (χ3n) is 2.27. The largest absolute Gasteiger partial charge is 0.481 e. The van der Waals surface area contributed by atoms with Crippen LogP contribution in [-0.4, -0.2) is 11.1 Å². The van der Waals surface area contributed by atoms with Crippen LogP contribution < -0.4 is 0 Å². The summed E-state index contributed by atoms with van der Waals surface area (Å²) in [4.78, 5) is 10.3. The SMILES string of the molecule is CCCc1c(F)c(F)c(CC(=O)O)c(F)c1F. The quantitative estimate of drug-likeness (QED) is 0.659. The molecule has 0 radical (unpaired) electrons. The lowest BCUT2D eigenvalue weighted by molar-refractivity contribution is -0.136. The highest BCUT2D eigenvalue weighted by atomic mass is 19.2. The summed E-state index contributed by atoms with van der Waals surface area (Å²) in [5, 5.41) is 8.39. The van der Waals surface area contributed by atoms with Crippen LogP contribution in [0.15, 0.2) is 0 Å². The van der Waals surface area contributed by atoms with Gasteiger partial charge in [0.05, 0.1) is 6.42 Å². The van der Waals surface area contributed by atoms with E-state index in [0.717, 1.165) is 0 Å². The van der Waals surface area contributed by atoms with Crippen LogP contribution in [0.4, 0.5) is 17.6 Å². The van der Waals surface area contributed by atoms with Gasteiger partial charge in [-0.15, -0.1) is 0 Å². The average molecular weight is 250 g/mol. The van der Waals surface area contributed by atoms with Gasteiger partial charge in [-0.3, -0.25) is 4.79 Å². The van der Waals surface area contributed by atoms with Gasteiger partial charge in [0, 0.05) is 11.1 Å². The maximum Gasteiger partial charge on any atom is 0.308 e. The van der Waals surface area contributed by atoms with Gasteiger partial charge in [0.25, 0.3) is 0 Å². The minimum absolute atomic E-state index is 0.154. The molecule has 0 saturated carbocycles. The van der Waals surface area contributed by atoms with E-state index in [0.29, 0.717) is 6.42 Å². The molecular weight excluding hydrogens is 240 g/mol. The number of rotatable bonds is 4. The van der Waals surface area contributed by atoms with E-state index in [1.54, 1.807) is 6.92 Å². The molecule has 94 valence electrons. The molecule has 1 N–H and O–H groups in total. The highest BCUT2D eigenvalue weighted by Crippen LogP contribution is 2.25. The zero-order valence-corrected chi connectivity index (χ0v) is 8.99. The zero-order valence-electron chi connectivity index (χ0n) is 8.99. The normalized spacial score (nSPS) is 10.6. The Labute approximate surface area is 94.9 Å². The van der Waals surface area contributed by atoms with Crippen LogP contribution in [-0.2, 0) is 17.6 Å². The summed E-state index contributed by atoms with van der Waals surface area (Å²) in [6.07, 6.45) is -0.943. The zero-order chi connectivity index (χ0) is 13.2. The molecule has 0 spiro atoms. The third kappa shape index (κ3) is 2.57. The minimum Gasteiger partial charge on any atom is -0.481 e. The molecule has 1 aromatic carbocycles. The molecular formula is C11H10F4O2. The molecule has 0 bridgehead atoms. The Morgan fingerprint density at radius 3 is 1.76 bits per heavy atom. The molecule has 0 unspecified atom stereocenters. The number of hydrogen-bond acceptors (Lipinski definition) is 1. The first-order valence-corrected chi connectivity index (χ1v) is 4.95. The first-order chi connectivity index (χ1) is 7.90. The number of carbonyl (C=O) groups is 1. The van der Waals surface area contributed by atoms with Crippen molar-refractivity contribution in [1.29, 1.82) is 0 Å². The summed E-state index contributed by atoms with van der Waals surface area (Å²) < 4.78 is 53.4. The van der Waals surface area contributed by atoms with Gasteiger partial charge in [-0.1, -0.05) is 13.3 Å². The van der Waals surface area contributed by atoms with Crippen molar-refractivity contribution in [1.82, 2.24) is 0 Å². The smallest absolute Gasteiger partial charge is 0.308 e. The van der Waals surface area contributed by atoms with E-state index >= 15 is 0 Å². The number of carboxylic acids is 1. The maximum absolute atomic E-state index is 13.4. The molecule has 0 aliphatic carbocycles. The van der Waals surface area contributed by atoms with Gasteiger partial charge in [-0.2, -0.15) is 0 Å². The Balaban J connectivity index is 3.41. The fourth-order valence-corrected chi connectivity index (χ4v) is 1.50. The number of benzene rings is 1. The molecule has 17 heavy (non-hydrogen) atoms. The van der Waals surface area contributed by atoms with Gasteiger partial charge in [-0.05, 0) is 6.42 Å². The molecule has 1 aromatic rings. The first kappa shape index (κ1) is 13.5. The highest BCUT2D eigenvalue weighted by Gasteiger charge is 2.25. The van der Waals surface area contributed by atoms with E-state index in [4.69, 9.17) is 5.11 Å². The Morgan fingerprint density at radius 1 is 1.00 bits per heavy atom. The van der Waals surface area contributed by atoms with E-state index in [2.05, 4.69) is 0 Å². The molecule has 0 fully saturated rings. The second-order valence-corrected chi connectivity index (χ2v) is 3.53. The van der Waals surface area contributed by atoms with E-state index in [1.165, 1.54) is 0 Å². The Kier molecular flexibility index (Phi) is 4.09. The van der Waals surface area contributed by atoms with Crippen LogP contribution in [0.1, 0.15) is 24.5 Å². The van der Waals surface area contributed by atoms with Crippen molar-refractivity contribution in [3.8, 4) is 0 Å². The highest BCUT2D eigenvalue weighted by molar-refractivity contribution is 5.70. The number of carboxylic acid groups (broad SMARTS) is 1. The summed E-state index contributed by atoms with van der Waals surface area (Å²) >= 11 is 0. The van der Waals surface area contributed by atoms with E-state index in [-0.39, 0.29) is 6.42 Å². The van der Waals surface area contributed by atoms with Crippen molar-refractivity contribution < 1.29 is 27.5 Å². The molecule has 6 heteroatoms. The van der Waals surface area contributed by atoms with Gasteiger partial charge in [0.1, 0.15) is 0 Å². The van der Waals surface area contributed by atoms with Crippen LogP contribution in [0.25, 0.3) is 0 Å². The van der Waals surface area contributed by atoms with Gasteiger partial charge in [0.15, 0.2) is 23.3 Å². The van der Waals surface area contributed by atoms with Crippen LogP contribution in [0.2, 0.25) is 0 Å². The standard InChI is InChI=1S/C11H10F4O2/c1-2-3-5-8(12)10(14)6(4-7(16)17)11(15)9(5)13/h2-4H2,1H3,(H,16,17). The van der Waals surface area contributed by atoms with Gasteiger partial charge < -0.3 is 5.11 Å². The molecule has 0 aliphatic rings. The average Bonchev–Trinajstić information content (AvgIpc) is 2.27. The van der Waals surface area contributed by atoms with Crippen molar-refractivity contribution in [2.45, 2.75) is 26.2 Å². The molecule has 0 aliphatic heterocycles. The van der Waals surface area contributed by atoms with Crippen molar-refractivity contribution in [3.63, 3.8) is 0 Å². The second-order valence-electron chi connectivity index (χ2n) is 3.53. The molecule has 0 atom stereocenters. The summed E-state index contributed by atoms with van der Waals surface area (Å²) in [7, 11) is 0. The maximum atomic E-state index is 13.4. The first-order valence-electron chi connectivity index (χ1n) is 4.95. The fourth-order valence-electron chi connectivity index (χ4n) is 1.50. The Bertz CT molecular complexity index is 428. The minimum atomic E-state index is -1.63. The number of aliphatic carboxylic acids is 1. The van der Waals surface area contributed by atoms with Crippen molar-refractivity contribution in [2.24, 2.45) is 0 Å². The van der Waals surface area contributed by atoms with E-state index in [1.807, 2.05) is 0 Å². The fraction of sp³-hybridized carbons (Fsp3) is 0.364. The van der Waals surface area contributed by atoms with Gasteiger partial charge in [0.2, 0.25) is 0 Å². The summed E-state index contributed by atoms with van der Waals surface area (Å²) in [6, 6.07) is 0. The summed E-state index contributed by atoms with van der Waals surface area (Å²) in [6.45, 7) is 1.60. The lowest BCUT2D eigenvalue weighted by Crippen LogP contribution is -2.12. The molecule has 0 aromatic heterocycles. The van der Waals surface area contributed by atoms with Gasteiger partial charge in [-0.25, -0.2) is 17.6 Å². The topological polar surface area (TPSA) is 37.3 Å². The number of halogens is 4.